The molecule has 24 heavy (non-hydrogen) atoms. The zero-order chi connectivity index (χ0) is 17.6. The highest BCUT2D eigenvalue weighted by Gasteiger charge is 2.08. The largest absolute Gasteiger partial charge is 0.481 e. The van der Waals surface area contributed by atoms with Crippen molar-refractivity contribution in [3.05, 3.63) is 18.2 Å². The lowest BCUT2D eigenvalue weighted by molar-refractivity contribution is -0.137. The summed E-state index contributed by atoms with van der Waals surface area (Å²) in [5.74, 6) is -0.873. The van der Waals surface area contributed by atoms with Gasteiger partial charge in [-0.2, -0.15) is 0 Å². The Labute approximate surface area is 141 Å². The molecule has 0 aliphatic heterocycles. The van der Waals surface area contributed by atoms with Gasteiger partial charge in [-0.3, -0.25) is 9.59 Å². The standard InChI is InChI=1S/C16H26N4O4/c21-11-14(9-13-10-17-12-20-13)18-7-3-4-8-19-15(22)5-1-2-6-16(23)24/h10-12,14,18H,1-9H2,(H,17,20)(H,19,22)(H,23,24). The van der Waals surface area contributed by atoms with Crippen LogP contribution in [0.4, 0.5) is 0 Å². The van der Waals surface area contributed by atoms with Gasteiger partial charge in [0.25, 0.3) is 0 Å². The fraction of sp³-hybridized carbons (Fsp3) is 0.625. The third-order valence-electron chi connectivity index (χ3n) is 3.54. The van der Waals surface area contributed by atoms with Crippen LogP contribution in [0.15, 0.2) is 12.5 Å². The number of aliphatic carboxylic acids is 1. The monoisotopic (exact) mass is 338 g/mol. The Morgan fingerprint density at radius 2 is 1.96 bits per heavy atom. The number of H-pyrrole nitrogens is 1. The van der Waals surface area contributed by atoms with Crippen LogP contribution >= 0.6 is 0 Å². The molecule has 0 bridgehead atoms. The van der Waals surface area contributed by atoms with Gasteiger partial charge in [0.15, 0.2) is 0 Å². The first-order valence-corrected chi connectivity index (χ1v) is 8.26. The number of aromatic amines is 1. The second-order valence-electron chi connectivity index (χ2n) is 5.64. The van der Waals surface area contributed by atoms with Gasteiger partial charge in [-0.15, -0.1) is 0 Å². The number of aromatic nitrogens is 2. The van der Waals surface area contributed by atoms with Crippen molar-refractivity contribution < 1.29 is 19.5 Å². The highest BCUT2D eigenvalue weighted by atomic mass is 16.4. The molecule has 1 heterocycles. The molecule has 0 aliphatic carbocycles. The summed E-state index contributed by atoms with van der Waals surface area (Å²) in [5, 5.41) is 14.5. The van der Waals surface area contributed by atoms with Crippen molar-refractivity contribution in [2.24, 2.45) is 0 Å². The Balaban J connectivity index is 1.98. The zero-order valence-corrected chi connectivity index (χ0v) is 13.8. The van der Waals surface area contributed by atoms with E-state index < -0.39 is 5.97 Å². The minimum Gasteiger partial charge on any atom is -0.481 e. The van der Waals surface area contributed by atoms with Crippen LogP contribution < -0.4 is 10.6 Å². The molecule has 134 valence electrons. The number of carbonyl (C=O) groups is 3. The number of carboxylic acids is 1. The van der Waals surface area contributed by atoms with Crippen molar-refractivity contribution in [1.29, 1.82) is 0 Å². The Bertz CT molecular complexity index is 490. The van der Waals surface area contributed by atoms with Crippen LogP contribution in [0.3, 0.4) is 0 Å². The fourth-order valence-corrected chi connectivity index (χ4v) is 2.22. The number of nitrogens with zero attached hydrogens (tertiary/aromatic N) is 1. The first-order chi connectivity index (χ1) is 11.6. The van der Waals surface area contributed by atoms with E-state index in [4.69, 9.17) is 5.11 Å². The van der Waals surface area contributed by atoms with Crippen LogP contribution in [0.1, 0.15) is 44.2 Å². The highest BCUT2D eigenvalue weighted by molar-refractivity contribution is 5.75. The molecule has 1 atom stereocenters. The number of carbonyl (C=O) groups excluding carboxylic acids is 2. The van der Waals surface area contributed by atoms with Gasteiger partial charge in [-0.25, -0.2) is 4.98 Å². The van der Waals surface area contributed by atoms with Crippen molar-refractivity contribution in [3.63, 3.8) is 0 Å². The van der Waals surface area contributed by atoms with Gasteiger partial charge in [0.1, 0.15) is 6.29 Å². The average Bonchev–Trinajstić information content (AvgIpc) is 3.06. The first kappa shape index (κ1) is 19.8. The quantitative estimate of drug-likeness (QED) is 0.292. The minimum absolute atomic E-state index is 0.0432. The second kappa shape index (κ2) is 12.2. The molecular weight excluding hydrogens is 312 g/mol. The normalized spacial score (nSPS) is 11.8. The molecule has 1 unspecified atom stereocenters. The van der Waals surface area contributed by atoms with Crippen molar-refractivity contribution in [1.82, 2.24) is 20.6 Å². The Morgan fingerprint density at radius 3 is 2.62 bits per heavy atom. The third kappa shape index (κ3) is 9.73. The zero-order valence-electron chi connectivity index (χ0n) is 13.8. The molecule has 0 aromatic carbocycles. The summed E-state index contributed by atoms with van der Waals surface area (Å²) in [7, 11) is 0. The molecular formula is C16H26N4O4. The Kier molecular flexibility index (Phi) is 10.1. The van der Waals surface area contributed by atoms with E-state index in [1.807, 2.05) is 0 Å². The number of carboxylic acid groups (broad SMARTS) is 1. The molecule has 1 aromatic rings. The summed E-state index contributed by atoms with van der Waals surface area (Å²) in [5.41, 5.74) is 0.912. The molecule has 0 saturated carbocycles. The van der Waals surface area contributed by atoms with E-state index in [0.717, 1.165) is 24.8 Å². The van der Waals surface area contributed by atoms with E-state index in [0.29, 0.717) is 38.8 Å². The number of nitrogens with one attached hydrogen (secondary N) is 3. The number of aldehydes is 1. The molecule has 1 amide bonds. The van der Waals surface area contributed by atoms with Gasteiger partial charge in [0.2, 0.25) is 5.91 Å². The summed E-state index contributed by atoms with van der Waals surface area (Å²) >= 11 is 0. The summed E-state index contributed by atoms with van der Waals surface area (Å²) < 4.78 is 0. The number of rotatable bonds is 14. The molecule has 4 N–H and O–H groups in total. The van der Waals surface area contributed by atoms with Crippen molar-refractivity contribution >= 4 is 18.2 Å². The van der Waals surface area contributed by atoms with Crippen molar-refractivity contribution in [2.45, 2.75) is 51.0 Å². The van der Waals surface area contributed by atoms with E-state index in [9.17, 15) is 14.4 Å². The van der Waals surface area contributed by atoms with Crippen molar-refractivity contribution in [2.75, 3.05) is 13.1 Å². The Morgan fingerprint density at radius 1 is 1.21 bits per heavy atom. The number of amides is 1. The smallest absolute Gasteiger partial charge is 0.303 e. The first-order valence-electron chi connectivity index (χ1n) is 8.26. The number of unbranched alkanes of at least 4 members (excludes halogenated alkanes) is 2. The summed E-state index contributed by atoms with van der Waals surface area (Å²) in [6.07, 6.45) is 8.01. The second-order valence-corrected chi connectivity index (χ2v) is 5.64. The van der Waals surface area contributed by atoms with E-state index in [1.165, 1.54) is 0 Å². The van der Waals surface area contributed by atoms with Crippen LogP contribution in [-0.2, 0) is 20.8 Å². The molecule has 0 spiro atoms. The molecule has 1 aromatic heterocycles. The number of imidazole rings is 1. The van der Waals surface area contributed by atoms with Gasteiger partial charge in [-0.05, 0) is 32.2 Å². The van der Waals surface area contributed by atoms with Crippen LogP contribution in [0, 0.1) is 0 Å². The maximum atomic E-state index is 11.5. The SMILES string of the molecule is O=CC(Cc1cnc[nH]1)NCCCCNC(=O)CCCCC(=O)O. The molecule has 0 fully saturated rings. The molecule has 8 nitrogen and oxygen atoms in total. The third-order valence-corrected chi connectivity index (χ3v) is 3.54. The van der Waals surface area contributed by atoms with Gasteiger partial charge < -0.3 is 25.5 Å². The topological polar surface area (TPSA) is 124 Å². The fourth-order valence-electron chi connectivity index (χ4n) is 2.22. The van der Waals surface area contributed by atoms with Crippen LogP contribution in [-0.4, -0.2) is 52.4 Å². The molecule has 0 saturated heterocycles. The number of hydrogen-bond acceptors (Lipinski definition) is 5. The average molecular weight is 338 g/mol. The van der Waals surface area contributed by atoms with E-state index >= 15 is 0 Å². The maximum Gasteiger partial charge on any atom is 0.303 e. The van der Waals surface area contributed by atoms with Crippen LogP contribution in [0.5, 0.6) is 0 Å². The highest BCUT2D eigenvalue weighted by Crippen LogP contribution is 2.00. The number of hydrogen-bond donors (Lipinski definition) is 4. The minimum atomic E-state index is -0.830. The van der Waals surface area contributed by atoms with Gasteiger partial charge in [-0.1, -0.05) is 0 Å². The lowest BCUT2D eigenvalue weighted by atomic mass is 10.1. The van der Waals surface area contributed by atoms with E-state index in [-0.39, 0.29) is 18.4 Å². The predicted octanol–water partition coefficient (Wildman–Crippen LogP) is 0.651. The predicted molar refractivity (Wildman–Crippen MR) is 88.5 cm³/mol. The van der Waals surface area contributed by atoms with Gasteiger partial charge >= 0.3 is 5.97 Å². The lowest BCUT2D eigenvalue weighted by Gasteiger charge is -2.11. The molecule has 1 rings (SSSR count). The summed E-state index contributed by atoms with van der Waals surface area (Å²) in [6, 6.07) is -0.241. The van der Waals surface area contributed by atoms with Gasteiger partial charge in [0.05, 0.1) is 12.4 Å². The van der Waals surface area contributed by atoms with E-state index in [2.05, 4.69) is 20.6 Å². The molecule has 0 radical (unpaired) electrons. The molecule has 0 aliphatic rings. The lowest BCUT2D eigenvalue weighted by Crippen LogP contribution is -2.34. The van der Waals surface area contributed by atoms with Crippen LogP contribution in [0.2, 0.25) is 0 Å². The maximum absolute atomic E-state index is 11.5. The van der Waals surface area contributed by atoms with Gasteiger partial charge in [0, 0.05) is 37.7 Å². The van der Waals surface area contributed by atoms with Crippen molar-refractivity contribution in [3.8, 4) is 0 Å². The summed E-state index contributed by atoms with van der Waals surface area (Å²) in [4.78, 5) is 39.8. The summed E-state index contributed by atoms with van der Waals surface area (Å²) in [6.45, 7) is 1.29. The molecule has 8 heteroatoms. The van der Waals surface area contributed by atoms with Crippen LogP contribution in [0.25, 0.3) is 0 Å². The van der Waals surface area contributed by atoms with E-state index in [1.54, 1.807) is 12.5 Å². The Hall–Kier alpha value is -2.22.